The van der Waals surface area contributed by atoms with Gasteiger partial charge in [0.1, 0.15) is 11.3 Å². The second-order valence-electron chi connectivity index (χ2n) is 5.02. The van der Waals surface area contributed by atoms with Gasteiger partial charge in [-0.2, -0.15) is 0 Å². The molecule has 7 heteroatoms. The summed E-state index contributed by atoms with van der Waals surface area (Å²) in [6, 6.07) is 4.54. The van der Waals surface area contributed by atoms with Gasteiger partial charge in [-0.3, -0.25) is 0 Å². The topological polar surface area (TPSA) is 61.4 Å². The van der Waals surface area contributed by atoms with Gasteiger partial charge >= 0.3 is 6.03 Å². The first kappa shape index (κ1) is 16.9. The Morgan fingerprint density at radius 1 is 1.43 bits per heavy atom. The molecule has 1 unspecified atom stereocenters. The Morgan fingerprint density at radius 2 is 2.09 bits per heavy atom. The summed E-state index contributed by atoms with van der Waals surface area (Å²) >= 11 is 1.33. The van der Waals surface area contributed by atoms with Crippen molar-refractivity contribution in [3.8, 4) is 12.3 Å². The van der Waals surface area contributed by atoms with Crippen LogP contribution in [0.15, 0.2) is 29.6 Å². The van der Waals surface area contributed by atoms with Gasteiger partial charge in [-0.1, -0.05) is 12.0 Å². The maximum Gasteiger partial charge on any atom is 0.319 e. The molecular formula is C16H14F2N2O2S. The van der Waals surface area contributed by atoms with Crippen LogP contribution in [0.4, 0.5) is 19.3 Å². The van der Waals surface area contributed by atoms with Crippen molar-refractivity contribution in [2.24, 2.45) is 0 Å². The van der Waals surface area contributed by atoms with Crippen LogP contribution in [0.3, 0.4) is 0 Å². The van der Waals surface area contributed by atoms with Crippen LogP contribution in [0, 0.1) is 24.0 Å². The van der Waals surface area contributed by atoms with Gasteiger partial charge < -0.3 is 15.7 Å². The Hall–Kier alpha value is -2.43. The standard InChI is InChI=1S/C16H14F2N2O2S/c1-3-10-7-11(17)14(12(18)8-10)20-15(21)19-9-16(2,22)13-5-4-6-23-13/h1,4-8,22H,9H2,2H3,(H2,19,20,21). The maximum absolute atomic E-state index is 13.7. The van der Waals surface area contributed by atoms with E-state index in [4.69, 9.17) is 6.42 Å². The summed E-state index contributed by atoms with van der Waals surface area (Å²) in [4.78, 5) is 12.4. The second-order valence-corrected chi connectivity index (χ2v) is 5.97. The monoisotopic (exact) mass is 336 g/mol. The van der Waals surface area contributed by atoms with Crippen molar-refractivity contribution in [1.82, 2.24) is 5.32 Å². The van der Waals surface area contributed by atoms with E-state index in [1.54, 1.807) is 17.5 Å². The first-order chi connectivity index (χ1) is 10.8. The van der Waals surface area contributed by atoms with E-state index in [1.807, 2.05) is 0 Å². The molecule has 2 rings (SSSR count). The molecular weight excluding hydrogens is 322 g/mol. The minimum atomic E-state index is -1.28. The highest BCUT2D eigenvalue weighted by molar-refractivity contribution is 7.10. The van der Waals surface area contributed by atoms with Gasteiger partial charge in [0.25, 0.3) is 0 Å². The van der Waals surface area contributed by atoms with Crippen molar-refractivity contribution >= 4 is 23.1 Å². The lowest BCUT2D eigenvalue weighted by atomic mass is 10.1. The highest BCUT2D eigenvalue weighted by atomic mass is 32.1. The smallest absolute Gasteiger partial charge is 0.319 e. The molecule has 2 aromatic rings. The number of terminal acetylenes is 1. The zero-order valence-corrected chi connectivity index (χ0v) is 13.0. The van der Waals surface area contributed by atoms with Crippen molar-refractivity contribution in [2.75, 3.05) is 11.9 Å². The number of rotatable bonds is 4. The zero-order valence-electron chi connectivity index (χ0n) is 12.2. The molecule has 0 fully saturated rings. The van der Waals surface area contributed by atoms with Crippen LogP contribution >= 0.6 is 11.3 Å². The largest absolute Gasteiger partial charge is 0.383 e. The molecule has 120 valence electrons. The van der Waals surface area contributed by atoms with Gasteiger partial charge in [0.05, 0.1) is 6.54 Å². The van der Waals surface area contributed by atoms with Crippen molar-refractivity contribution in [3.63, 3.8) is 0 Å². The van der Waals surface area contributed by atoms with Crippen LogP contribution in [-0.2, 0) is 5.60 Å². The number of nitrogens with one attached hydrogen (secondary N) is 2. The fraction of sp³-hybridized carbons (Fsp3) is 0.188. The minimum absolute atomic E-state index is 0.0339. The fourth-order valence-electron chi connectivity index (χ4n) is 1.86. The third kappa shape index (κ3) is 4.06. The van der Waals surface area contributed by atoms with Crippen LogP contribution in [0.2, 0.25) is 0 Å². The lowest BCUT2D eigenvalue weighted by molar-refractivity contribution is 0.0637. The van der Waals surface area contributed by atoms with Gasteiger partial charge in [-0.05, 0) is 30.5 Å². The predicted molar refractivity (Wildman–Crippen MR) is 85.2 cm³/mol. The van der Waals surface area contributed by atoms with Crippen LogP contribution in [-0.4, -0.2) is 17.7 Å². The van der Waals surface area contributed by atoms with E-state index in [0.717, 1.165) is 12.1 Å². The number of carbonyl (C=O) groups excluding carboxylic acids is 1. The summed E-state index contributed by atoms with van der Waals surface area (Å²) in [5.74, 6) is 0.162. The molecule has 2 amide bonds. The molecule has 4 nitrogen and oxygen atoms in total. The number of hydrogen-bond acceptors (Lipinski definition) is 3. The lowest BCUT2D eigenvalue weighted by Gasteiger charge is -2.22. The van der Waals surface area contributed by atoms with Gasteiger partial charge in [0.2, 0.25) is 0 Å². The number of hydrogen-bond donors (Lipinski definition) is 3. The Labute approximate surface area is 136 Å². The van der Waals surface area contributed by atoms with Gasteiger partial charge in [0, 0.05) is 10.4 Å². The van der Waals surface area contributed by atoms with Crippen LogP contribution < -0.4 is 10.6 Å². The SMILES string of the molecule is C#Cc1cc(F)c(NC(=O)NCC(C)(O)c2cccs2)c(F)c1. The molecule has 1 atom stereocenters. The van der Waals surface area contributed by atoms with E-state index >= 15 is 0 Å². The normalized spacial score (nSPS) is 13.0. The molecule has 23 heavy (non-hydrogen) atoms. The van der Waals surface area contributed by atoms with Crippen molar-refractivity contribution in [3.05, 3.63) is 51.7 Å². The van der Waals surface area contributed by atoms with Crippen LogP contribution in [0.5, 0.6) is 0 Å². The average Bonchev–Trinajstić information content (AvgIpc) is 3.04. The first-order valence-corrected chi connectivity index (χ1v) is 7.48. The Kier molecular flexibility index (Phi) is 4.98. The molecule has 0 radical (unpaired) electrons. The van der Waals surface area contributed by atoms with E-state index in [0.29, 0.717) is 4.88 Å². The molecule has 1 aromatic carbocycles. The van der Waals surface area contributed by atoms with E-state index in [1.165, 1.54) is 18.3 Å². The summed E-state index contributed by atoms with van der Waals surface area (Å²) < 4.78 is 27.5. The number of thiophene rings is 1. The maximum atomic E-state index is 13.7. The second kappa shape index (κ2) is 6.77. The minimum Gasteiger partial charge on any atom is -0.383 e. The van der Waals surface area contributed by atoms with E-state index in [9.17, 15) is 18.7 Å². The highest BCUT2D eigenvalue weighted by Crippen LogP contribution is 2.24. The first-order valence-electron chi connectivity index (χ1n) is 6.60. The summed E-state index contributed by atoms with van der Waals surface area (Å²) in [6.07, 6.45) is 5.07. The number of halogens is 2. The Balaban J connectivity index is 2.02. The molecule has 0 bridgehead atoms. The number of anilines is 1. The molecule has 0 aliphatic rings. The van der Waals surface area contributed by atoms with Crippen molar-refractivity contribution in [2.45, 2.75) is 12.5 Å². The van der Waals surface area contributed by atoms with E-state index in [2.05, 4.69) is 16.6 Å². The predicted octanol–water partition coefficient (Wildman–Crippen LogP) is 3.04. The van der Waals surface area contributed by atoms with Crippen LogP contribution in [0.1, 0.15) is 17.4 Å². The Morgan fingerprint density at radius 3 is 2.61 bits per heavy atom. The van der Waals surface area contributed by atoms with Gasteiger partial charge in [-0.25, -0.2) is 13.6 Å². The quantitative estimate of drug-likeness (QED) is 0.752. The summed E-state index contributed by atoms with van der Waals surface area (Å²) in [5.41, 5.74) is -1.85. The van der Waals surface area contributed by atoms with E-state index < -0.39 is 29.0 Å². The Bertz CT molecular complexity index is 729. The molecule has 0 spiro atoms. The molecule has 3 N–H and O–H groups in total. The highest BCUT2D eigenvalue weighted by Gasteiger charge is 2.25. The molecule has 0 aliphatic carbocycles. The third-order valence-electron chi connectivity index (χ3n) is 3.09. The molecule has 0 saturated carbocycles. The number of urea groups is 1. The number of aliphatic hydroxyl groups is 1. The van der Waals surface area contributed by atoms with Crippen molar-refractivity contribution < 1.29 is 18.7 Å². The number of carbonyl (C=O) groups is 1. The number of amides is 2. The fourth-order valence-corrected chi connectivity index (χ4v) is 2.65. The molecule has 1 aromatic heterocycles. The summed E-state index contributed by atoms with van der Waals surface area (Å²) in [6.45, 7) is 1.41. The van der Waals surface area contributed by atoms with Crippen molar-refractivity contribution in [1.29, 1.82) is 0 Å². The lowest BCUT2D eigenvalue weighted by Crippen LogP contribution is -2.40. The molecule has 1 heterocycles. The van der Waals surface area contributed by atoms with Gasteiger partial charge in [-0.15, -0.1) is 17.8 Å². The molecule has 0 aliphatic heterocycles. The zero-order chi connectivity index (χ0) is 17.0. The number of benzene rings is 1. The third-order valence-corrected chi connectivity index (χ3v) is 4.22. The average molecular weight is 336 g/mol. The summed E-state index contributed by atoms with van der Waals surface area (Å²) in [7, 11) is 0. The van der Waals surface area contributed by atoms with Gasteiger partial charge in [0.15, 0.2) is 11.6 Å². The molecule has 0 saturated heterocycles. The van der Waals surface area contributed by atoms with E-state index in [-0.39, 0.29) is 12.1 Å². The van der Waals surface area contributed by atoms with Crippen LogP contribution in [0.25, 0.3) is 0 Å². The summed E-state index contributed by atoms with van der Waals surface area (Å²) in [5, 5.41) is 16.5.